The Morgan fingerprint density at radius 1 is 1.21 bits per heavy atom. The van der Waals surface area contributed by atoms with Crippen LogP contribution >= 0.6 is 0 Å². The van der Waals surface area contributed by atoms with Crippen molar-refractivity contribution in [1.82, 2.24) is 20.0 Å². The van der Waals surface area contributed by atoms with Gasteiger partial charge in [-0.05, 0) is 30.4 Å². The van der Waals surface area contributed by atoms with Crippen LogP contribution in [0.1, 0.15) is 24.8 Å². The van der Waals surface area contributed by atoms with Crippen LogP contribution in [0, 0.1) is 5.92 Å². The molecule has 0 aliphatic carbocycles. The van der Waals surface area contributed by atoms with Crippen LogP contribution in [-0.2, 0) is 16.1 Å². The lowest BCUT2D eigenvalue weighted by Gasteiger charge is -2.26. The Balaban J connectivity index is 1.16. The molecule has 1 atom stereocenters. The number of carbonyl (C=O) groups excluding carboxylic acids is 1. The van der Waals surface area contributed by atoms with Crippen LogP contribution in [0.2, 0.25) is 0 Å². The first-order valence-electron chi connectivity index (χ1n) is 12.2. The van der Waals surface area contributed by atoms with Crippen molar-refractivity contribution < 1.29 is 9.53 Å². The molecule has 2 aliphatic heterocycles. The SMILES string of the molecule is COCCn1ncc(N2CCC(C(=O)NCCCN3CC=C(c4ccccc4)CC3)C2)cc1=O. The molecule has 1 aromatic carbocycles. The van der Waals surface area contributed by atoms with E-state index in [1.165, 1.54) is 15.8 Å². The van der Waals surface area contributed by atoms with Gasteiger partial charge in [0, 0.05) is 52.4 Å². The Bertz CT molecular complexity index is 1040. The number of carbonyl (C=O) groups is 1. The second-order valence-corrected chi connectivity index (χ2v) is 8.99. The average molecular weight is 466 g/mol. The first-order valence-corrected chi connectivity index (χ1v) is 12.2. The molecular weight excluding hydrogens is 430 g/mol. The Kier molecular flexibility index (Phi) is 8.49. The van der Waals surface area contributed by atoms with Gasteiger partial charge in [0.1, 0.15) is 0 Å². The van der Waals surface area contributed by atoms with Crippen molar-refractivity contribution >= 4 is 17.2 Å². The van der Waals surface area contributed by atoms with Crippen molar-refractivity contribution in [2.24, 2.45) is 5.92 Å². The van der Waals surface area contributed by atoms with Gasteiger partial charge in [0.25, 0.3) is 5.56 Å². The highest BCUT2D eigenvalue weighted by Gasteiger charge is 2.28. The summed E-state index contributed by atoms with van der Waals surface area (Å²) in [5.74, 6) is 0.0519. The molecule has 3 heterocycles. The van der Waals surface area contributed by atoms with Crippen molar-refractivity contribution in [2.75, 3.05) is 57.9 Å². The van der Waals surface area contributed by atoms with E-state index in [1.807, 2.05) is 0 Å². The van der Waals surface area contributed by atoms with Crippen molar-refractivity contribution in [3.63, 3.8) is 0 Å². The molecule has 1 N–H and O–H groups in total. The van der Waals surface area contributed by atoms with Crippen LogP contribution in [0.25, 0.3) is 5.57 Å². The molecule has 34 heavy (non-hydrogen) atoms. The number of benzene rings is 1. The van der Waals surface area contributed by atoms with Crippen LogP contribution in [0.4, 0.5) is 5.69 Å². The predicted molar refractivity (Wildman–Crippen MR) is 134 cm³/mol. The minimum absolute atomic E-state index is 0.0535. The van der Waals surface area contributed by atoms with Gasteiger partial charge in [-0.15, -0.1) is 0 Å². The Hall–Kier alpha value is -2.97. The molecule has 1 aromatic heterocycles. The predicted octanol–water partition coefficient (Wildman–Crippen LogP) is 2.01. The Morgan fingerprint density at radius 3 is 2.79 bits per heavy atom. The number of methoxy groups -OCH3 is 1. The quantitative estimate of drug-likeness (QED) is 0.541. The average Bonchev–Trinajstić information content (AvgIpc) is 3.37. The minimum atomic E-state index is -0.147. The fourth-order valence-electron chi connectivity index (χ4n) is 4.64. The molecule has 0 spiro atoms. The zero-order chi connectivity index (χ0) is 23.8. The second kappa shape index (κ2) is 11.9. The van der Waals surface area contributed by atoms with E-state index in [2.05, 4.69) is 56.6 Å². The highest BCUT2D eigenvalue weighted by molar-refractivity contribution is 5.80. The summed E-state index contributed by atoms with van der Waals surface area (Å²) in [5.41, 5.74) is 3.38. The molecule has 0 radical (unpaired) electrons. The van der Waals surface area contributed by atoms with Crippen LogP contribution < -0.4 is 15.8 Å². The largest absolute Gasteiger partial charge is 0.383 e. The first kappa shape index (κ1) is 24.2. The summed E-state index contributed by atoms with van der Waals surface area (Å²) in [6.07, 6.45) is 6.83. The molecule has 2 aromatic rings. The topological polar surface area (TPSA) is 79.7 Å². The zero-order valence-electron chi connectivity index (χ0n) is 20.0. The third-order valence-electron chi connectivity index (χ3n) is 6.67. The van der Waals surface area contributed by atoms with E-state index in [0.29, 0.717) is 26.2 Å². The number of rotatable bonds is 10. The molecule has 2 aliphatic rings. The molecule has 1 fully saturated rings. The van der Waals surface area contributed by atoms with Gasteiger partial charge in [0.15, 0.2) is 0 Å². The number of aromatic nitrogens is 2. The Labute approximate surface area is 201 Å². The van der Waals surface area contributed by atoms with Gasteiger partial charge in [-0.2, -0.15) is 5.10 Å². The number of anilines is 1. The van der Waals surface area contributed by atoms with E-state index in [9.17, 15) is 9.59 Å². The summed E-state index contributed by atoms with van der Waals surface area (Å²) in [4.78, 5) is 29.4. The number of hydrogen-bond acceptors (Lipinski definition) is 6. The summed E-state index contributed by atoms with van der Waals surface area (Å²) < 4.78 is 6.40. The van der Waals surface area contributed by atoms with Crippen molar-refractivity contribution in [2.45, 2.75) is 25.8 Å². The van der Waals surface area contributed by atoms with Gasteiger partial charge in [0.2, 0.25) is 5.91 Å². The smallest absolute Gasteiger partial charge is 0.268 e. The fraction of sp³-hybridized carbons (Fsp3) is 0.500. The molecule has 1 amide bonds. The maximum Gasteiger partial charge on any atom is 0.268 e. The van der Waals surface area contributed by atoms with E-state index >= 15 is 0 Å². The lowest BCUT2D eigenvalue weighted by atomic mass is 9.99. The monoisotopic (exact) mass is 465 g/mol. The van der Waals surface area contributed by atoms with E-state index in [-0.39, 0.29) is 17.4 Å². The first-order chi connectivity index (χ1) is 16.6. The molecule has 182 valence electrons. The third kappa shape index (κ3) is 6.33. The molecular formula is C26H35N5O3. The van der Waals surface area contributed by atoms with E-state index in [4.69, 9.17) is 4.74 Å². The van der Waals surface area contributed by atoms with E-state index in [0.717, 1.165) is 51.1 Å². The van der Waals surface area contributed by atoms with Gasteiger partial charge >= 0.3 is 0 Å². The lowest BCUT2D eigenvalue weighted by molar-refractivity contribution is -0.124. The molecule has 0 bridgehead atoms. The number of nitrogens with zero attached hydrogens (tertiary/aromatic N) is 4. The lowest BCUT2D eigenvalue weighted by Crippen LogP contribution is -2.36. The van der Waals surface area contributed by atoms with Crippen molar-refractivity contribution in [1.29, 1.82) is 0 Å². The van der Waals surface area contributed by atoms with Gasteiger partial charge in [-0.1, -0.05) is 36.4 Å². The maximum absolute atomic E-state index is 12.7. The van der Waals surface area contributed by atoms with Gasteiger partial charge in [-0.25, -0.2) is 4.68 Å². The minimum Gasteiger partial charge on any atom is -0.383 e. The zero-order valence-corrected chi connectivity index (χ0v) is 20.0. The van der Waals surface area contributed by atoms with Crippen LogP contribution in [0.3, 0.4) is 0 Å². The van der Waals surface area contributed by atoms with Crippen molar-refractivity contribution in [3.8, 4) is 0 Å². The van der Waals surface area contributed by atoms with Crippen LogP contribution in [0.5, 0.6) is 0 Å². The summed E-state index contributed by atoms with van der Waals surface area (Å²) >= 11 is 0. The van der Waals surface area contributed by atoms with Gasteiger partial charge < -0.3 is 15.0 Å². The molecule has 4 rings (SSSR count). The standard InChI is InChI=1S/C26H35N5O3/c1-34-17-16-31-25(32)18-24(19-28-31)30-15-10-23(20-30)26(33)27-11-5-12-29-13-8-22(9-14-29)21-6-3-2-4-7-21/h2-4,6-8,18-19,23H,5,9-17,20H2,1H3,(H,27,33). The Morgan fingerprint density at radius 2 is 2.06 bits per heavy atom. The van der Waals surface area contributed by atoms with Gasteiger partial charge in [-0.3, -0.25) is 14.5 Å². The van der Waals surface area contributed by atoms with E-state index in [1.54, 1.807) is 19.4 Å². The molecule has 1 saturated heterocycles. The third-order valence-corrected chi connectivity index (χ3v) is 6.67. The van der Waals surface area contributed by atoms with E-state index < -0.39 is 0 Å². The fourth-order valence-corrected chi connectivity index (χ4v) is 4.64. The maximum atomic E-state index is 12.7. The van der Waals surface area contributed by atoms with Crippen molar-refractivity contribution in [3.05, 3.63) is 64.6 Å². The number of amides is 1. The molecule has 8 nitrogen and oxygen atoms in total. The number of hydrogen-bond donors (Lipinski definition) is 1. The molecule has 0 saturated carbocycles. The molecule has 1 unspecified atom stereocenters. The van der Waals surface area contributed by atoms with Crippen LogP contribution in [0.15, 0.2) is 53.5 Å². The number of ether oxygens (including phenoxy) is 1. The van der Waals surface area contributed by atoms with Gasteiger partial charge in [0.05, 0.1) is 31.0 Å². The van der Waals surface area contributed by atoms with Crippen LogP contribution in [-0.4, -0.2) is 73.6 Å². The normalized spacial score (nSPS) is 18.7. The summed E-state index contributed by atoms with van der Waals surface area (Å²) in [6, 6.07) is 12.2. The molecule has 8 heteroatoms. The highest BCUT2D eigenvalue weighted by atomic mass is 16.5. The number of nitrogens with one attached hydrogen (secondary N) is 1. The summed E-state index contributed by atoms with van der Waals surface area (Å²) in [5, 5.41) is 7.34. The summed E-state index contributed by atoms with van der Waals surface area (Å²) in [7, 11) is 1.60. The highest BCUT2D eigenvalue weighted by Crippen LogP contribution is 2.23. The second-order valence-electron chi connectivity index (χ2n) is 8.99. The summed E-state index contributed by atoms with van der Waals surface area (Å²) in [6.45, 7) is 5.96.